The van der Waals surface area contributed by atoms with Crippen LogP contribution in [0.3, 0.4) is 0 Å². The molecule has 2 aromatic carbocycles. The summed E-state index contributed by atoms with van der Waals surface area (Å²) in [7, 11) is 1.94. The quantitative estimate of drug-likeness (QED) is 0.560. The van der Waals surface area contributed by atoms with Gasteiger partial charge in [0.25, 0.3) is 0 Å². The molecule has 0 amide bonds. The fourth-order valence-electron chi connectivity index (χ4n) is 5.23. The maximum atomic E-state index is 14.3. The smallest absolute Gasteiger partial charge is 0.338 e. The number of carbonyl (C=O) groups is 1. The first-order valence-corrected chi connectivity index (χ1v) is 11.4. The highest BCUT2D eigenvalue weighted by atomic mass is 19.1. The second kappa shape index (κ2) is 9.20. The monoisotopic (exact) mass is 409 g/mol. The largest absolute Gasteiger partial charge is 0.478 e. The van der Waals surface area contributed by atoms with Crippen molar-refractivity contribution in [2.45, 2.75) is 76.0 Å². The van der Waals surface area contributed by atoms with Crippen LogP contribution in [0.4, 0.5) is 15.8 Å². The van der Waals surface area contributed by atoms with Gasteiger partial charge in [-0.05, 0) is 79.0 Å². The lowest BCUT2D eigenvalue weighted by Gasteiger charge is -2.29. The van der Waals surface area contributed by atoms with Crippen LogP contribution >= 0.6 is 0 Å². The number of hydrogen-bond acceptors (Lipinski definition) is 2. The third-order valence-corrected chi connectivity index (χ3v) is 7.07. The van der Waals surface area contributed by atoms with Crippen molar-refractivity contribution in [1.29, 1.82) is 0 Å². The molecular weight excluding hydrogens is 377 g/mol. The molecule has 30 heavy (non-hydrogen) atoms. The zero-order chi connectivity index (χ0) is 21.1. The minimum atomic E-state index is -1.24. The molecule has 3 nitrogen and oxygen atoms in total. The van der Waals surface area contributed by atoms with E-state index in [0.717, 1.165) is 5.69 Å². The Labute approximate surface area is 178 Å². The number of anilines is 2. The van der Waals surface area contributed by atoms with Gasteiger partial charge in [-0.1, -0.05) is 44.6 Å². The van der Waals surface area contributed by atoms with E-state index in [1.54, 1.807) is 6.07 Å². The normalized spacial score (nSPS) is 18.3. The molecule has 0 bridgehead atoms. The second-order valence-corrected chi connectivity index (χ2v) is 9.06. The average molecular weight is 410 g/mol. The molecule has 2 aromatic rings. The molecule has 0 heterocycles. The number of carboxylic acids is 1. The summed E-state index contributed by atoms with van der Waals surface area (Å²) in [4.78, 5) is 13.2. The first kappa shape index (κ1) is 20.9. The van der Waals surface area contributed by atoms with Crippen molar-refractivity contribution >= 4 is 17.3 Å². The van der Waals surface area contributed by atoms with Gasteiger partial charge in [-0.3, -0.25) is 0 Å². The molecule has 4 rings (SSSR count). The fourth-order valence-corrected chi connectivity index (χ4v) is 5.23. The summed E-state index contributed by atoms with van der Waals surface area (Å²) < 4.78 is 14.3. The summed E-state index contributed by atoms with van der Waals surface area (Å²) in [5.74, 6) is -0.704. The van der Waals surface area contributed by atoms with E-state index in [-0.39, 0.29) is 5.56 Å². The third kappa shape index (κ3) is 4.53. The van der Waals surface area contributed by atoms with Gasteiger partial charge >= 0.3 is 5.97 Å². The molecule has 4 heteroatoms. The van der Waals surface area contributed by atoms with Crippen LogP contribution in [-0.2, 0) is 0 Å². The van der Waals surface area contributed by atoms with E-state index >= 15 is 0 Å². The van der Waals surface area contributed by atoms with Crippen LogP contribution in [0.25, 0.3) is 0 Å². The Balaban J connectivity index is 1.69. The van der Waals surface area contributed by atoms with Gasteiger partial charge < -0.3 is 10.0 Å². The third-order valence-electron chi connectivity index (χ3n) is 7.07. The van der Waals surface area contributed by atoms with Gasteiger partial charge in [-0.25, -0.2) is 9.18 Å². The van der Waals surface area contributed by atoms with Gasteiger partial charge in [-0.15, -0.1) is 0 Å². The molecule has 0 atom stereocenters. The number of aromatic carboxylic acids is 1. The predicted octanol–water partition coefficient (Wildman–Crippen LogP) is 7.39. The summed E-state index contributed by atoms with van der Waals surface area (Å²) in [6.07, 6.45) is 12.9. The van der Waals surface area contributed by atoms with Crippen molar-refractivity contribution in [3.05, 3.63) is 58.9 Å². The summed E-state index contributed by atoms with van der Waals surface area (Å²) in [6.45, 7) is 0. The maximum Gasteiger partial charge on any atom is 0.338 e. The van der Waals surface area contributed by atoms with E-state index in [9.17, 15) is 9.18 Å². The van der Waals surface area contributed by atoms with E-state index in [0.29, 0.717) is 17.5 Å². The first-order valence-electron chi connectivity index (χ1n) is 11.4. The number of hydrogen-bond donors (Lipinski definition) is 1. The number of carboxylic acid groups (broad SMARTS) is 1. The van der Waals surface area contributed by atoms with Crippen molar-refractivity contribution in [1.82, 2.24) is 0 Å². The van der Waals surface area contributed by atoms with Crippen LogP contribution in [0, 0.1) is 5.82 Å². The molecule has 2 aliphatic carbocycles. The molecule has 0 spiro atoms. The Morgan fingerprint density at radius 2 is 1.37 bits per heavy atom. The highest BCUT2D eigenvalue weighted by molar-refractivity contribution is 5.88. The van der Waals surface area contributed by atoms with E-state index < -0.39 is 11.8 Å². The van der Waals surface area contributed by atoms with Gasteiger partial charge in [-0.2, -0.15) is 0 Å². The Morgan fingerprint density at radius 1 is 0.833 bits per heavy atom. The predicted molar refractivity (Wildman–Crippen MR) is 120 cm³/mol. The van der Waals surface area contributed by atoms with Crippen LogP contribution in [0.15, 0.2) is 36.4 Å². The lowest BCUT2D eigenvalue weighted by Crippen LogP contribution is -2.14. The van der Waals surface area contributed by atoms with Gasteiger partial charge in [0.15, 0.2) is 0 Å². The first-order chi connectivity index (χ1) is 14.5. The molecule has 1 N–H and O–H groups in total. The Morgan fingerprint density at radius 3 is 1.83 bits per heavy atom. The van der Waals surface area contributed by atoms with Gasteiger partial charge in [0.2, 0.25) is 0 Å². The highest BCUT2D eigenvalue weighted by Gasteiger charge is 2.22. The number of benzene rings is 2. The molecule has 2 aliphatic rings. The minimum Gasteiger partial charge on any atom is -0.478 e. The molecular formula is C26H32FNO2. The average Bonchev–Trinajstić information content (AvgIpc) is 2.79. The Bertz CT molecular complexity index is 862. The molecule has 2 saturated carbocycles. The van der Waals surface area contributed by atoms with E-state index in [4.69, 9.17) is 5.11 Å². The molecule has 2 fully saturated rings. The van der Waals surface area contributed by atoms with Crippen LogP contribution < -0.4 is 4.90 Å². The van der Waals surface area contributed by atoms with Crippen molar-refractivity contribution in [2.75, 3.05) is 11.9 Å². The second-order valence-electron chi connectivity index (χ2n) is 9.06. The lowest BCUT2D eigenvalue weighted by molar-refractivity contribution is 0.0692. The summed E-state index contributed by atoms with van der Waals surface area (Å²) >= 11 is 0. The van der Waals surface area contributed by atoms with Crippen molar-refractivity contribution in [2.24, 2.45) is 0 Å². The fraction of sp³-hybridized carbons (Fsp3) is 0.500. The highest BCUT2D eigenvalue weighted by Crippen LogP contribution is 2.40. The van der Waals surface area contributed by atoms with Crippen LogP contribution in [0.1, 0.15) is 97.5 Å². The van der Waals surface area contributed by atoms with Crippen molar-refractivity contribution in [3.8, 4) is 0 Å². The van der Waals surface area contributed by atoms with Crippen molar-refractivity contribution < 1.29 is 14.3 Å². The van der Waals surface area contributed by atoms with Gasteiger partial charge in [0.05, 0.1) is 5.56 Å². The zero-order valence-corrected chi connectivity index (χ0v) is 17.9. The topological polar surface area (TPSA) is 40.5 Å². The van der Waals surface area contributed by atoms with Gasteiger partial charge in [0, 0.05) is 18.4 Å². The lowest BCUT2D eigenvalue weighted by atomic mass is 9.79. The summed E-state index contributed by atoms with van der Waals surface area (Å²) in [5.41, 5.74) is 4.30. The number of rotatable bonds is 5. The molecule has 0 aromatic heterocycles. The summed E-state index contributed by atoms with van der Waals surface area (Å²) in [5, 5.41) is 9.12. The van der Waals surface area contributed by atoms with E-state index in [1.165, 1.54) is 87.5 Å². The SMILES string of the molecule is CN(c1cc(C2CCCCC2)cc(C2CCCCC2)c1)c1ccc(C(=O)O)c(F)c1. The molecule has 0 saturated heterocycles. The minimum absolute atomic E-state index is 0.286. The zero-order valence-electron chi connectivity index (χ0n) is 17.9. The van der Waals surface area contributed by atoms with Crippen molar-refractivity contribution in [3.63, 3.8) is 0 Å². The van der Waals surface area contributed by atoms with Crippen LogP contribution in [0.2, 0.25) is 0 Å². The summed E-state index contributed by atoms with van der Waals surface area (Å²) in [6, 6.07) is 11.4. The standard InChI is InChI=1S/C26H32FNO2/c1-28(22-12-13-24(26(29)30)25(27)17-22)23-15-20(18-8-4-2-5-9-18)14-21(16-23)19-10-6-3-7-11-19/h12-19H,2-11H2,1H3,(H,29,30). The Hall–Kier alpha value is -2.36. The molecule has 160 valence electrons. The van der Waals surface area contributed by atoms with Gasteiger partial charge in [0.1, 0.15) is 5.82 Å². The number of halogens is 1. The maximum absolute atomic E-state index is 14.3. The van der Waals surface area contributed by atoms with E-state index in [2.05, 4.69) is 18.2 Å². The molecule has 0 radical (unpaired) electrons. The molecule has 0 aliphatic heterocycles. The van der Waals surface area contributed by atoms with E-state index in [1.807, 2.05) is 11.9 Å². The van der Waals surface area contributed by atoms with Crippen LogP contribution in [-0.4, -0.2) is 18.1 Å². The van der Waals surface area contributed by atoms with Crippen LogP contribution in [0.5, 0.6) is 0 Å². The number of nitrogens with zero attached hydrogens (tertiary/aromatic N) is 1. The molecule has 0 unspecified atom stereocenters. The Kier molecular flexibility index (Phi) is 6.40.